The van der Waals surface area contributed by atoms with E-state index in [1.54, 1.807) is 23.1 Å². The number of rotatable bonds is 5. The van der Waals surface area contributed by atoms with E-state index >= 15 is 0 Å². The van der Waals surface area contributed by atoms with Crippen molar-refractivity contribution in [1.82, 2.24) is 9.97 Å². The first-order chi connectivity index (χ1) is 9.92. The van der Waals surface area contributed by atoms with Crippen LogP contribution in [0, 0.1) is 20.8 Å². The fraction of sp³-hybridized carbons (Fsp3) is 0.467. The van der Waals surface area contributed by atoms with Crippen molar-refractivity contribution in [3.05, 3.63) is 37.7 Å². The summed E-state index contributed by atoms with van der Waals surface area (Å²) in [5.41, 5.74) is 9.57. The second-order valence-electron chi connectivity index (χ2n) is 5.08. The van der Waals surface area contributed by atoms with Crippen LogP contribution in [0.5, 0.6) is 0 Å². The Bertz CT molecular complexity index is 604. The first-order valence-corrected chi connectivity index (χ1v) is 9.45. The van der Waals surface area contributed by atoms with Crippen molar-refractivity contribution in [3.8, 4) is 0 Å². The molecule has 0 fully saturated rings. The predicted molar refractivity (Wildman–Crippen MR) is 95.1 cm³/mol. The number of nitrogens with two attached hydrogens (primary N) is 1. The molecule has 0 saturated heterocycles. The number of aryl methyl sites for hydroxylation is 2. The van der Waals surface area contributed by atoms with Gasteiger partial charge in [-0.05, 0) is 54.8 Å². The van der Waals surface area contributed by atoms with Crippen LogP contribution in [0.15, 0.2) is 21.1 Å². The molecule has 114 valence electrons. The van der Waals surface area contributed by atoms with E-state index in [0.717, 1.165) is 33.0 Å². The van der Waals surface area contributed by atoms with E-state index in [1.807, 2.05) is 13.8 Å². The fourth-order valence-corrected chi connectivity index (χ4v) is 4.92. The van der Waals surface area contributed by atoms with Gasteiger partial charge in [-0.3, -0.25) is 0 Å². The Hall–Kier alpha value is -0.430. The highest BCUT2D eigenvalue weighted by Crippen LogP contribution is 2.40. The van der Waals surface area contributed by atoms with E-state index in [9.17, 15) is 0 Å². The summed E-state index contributed by atoms with van der Waals surface area (Å²) in [6.07, 6.45) is 0.928. The van der Waals surface area contributed by atoms with Crippen molar-refractivity contribution in [2.24, 2.45) is 5.73 Å². The third-order valence-electron chi connectivity index (χ3n) is 3.57. The monoisotopic (exact) mass is 385 g/mol. The van der Waals surface area contributed by atoms with E-state index in [2.05, 4.69) is 51.2 Å². The third kappa shape index (κ3) is 4.06. The smallest absolute Gasteiger partial charge is 0.188 e. The molecule has 2 N–H and O–H groups in total. The highest BCUT2D eigenvalue weighted by molar-refractivity contribution is 9.10. The average molecular weight is 386 g/mol. The molecule has 2 heterocycles. The largest absolute Gasteiger partial charge is 0.326 e. The van der Waals surface area contributed by atoms with Gasteiger partial charge in [0.15, 0.2) is 5.16 Å². The molecule has 2 aromatic heterocycles. The lowest BCUT2D eigenvalue weighted by Gasteiger charge is -2.21. The van der Waals surface area contributed by atoms with Crippen LogP contribution in [-0.2, 0) is 0 Å². The standard InChI is InChI=1S/C15H20BrN3S2/c1-5-12(17)14(13-6-11(16)7-20-13)21-15-18-9(3)8(2)10(4)19-15/h6-7,12,14H,5,17H2,1-4H3. The number of nitrogens with zero attached hydrogens (tertiary/aromatic N) is 2. The zero-order chi connectivity index (χ0) is 15.6. The van der Waals surface area contributed by atoms with E-state index < -0.39 is 0 Å². The lowest BCUT2D eigenvalue weighted by Crippen LogP contribution is -2.25. The second-order valence-corrected chi connectivity index (χ2v) is 8.05. The summed E-state index contributed by atoms with van der Waals surface area (Å²) in [5.74, 6) is 0. The Labute approximate surface area is 142 Å². The molecule has 0 aliphatic heterocycles. The summed E-state index contributed by atoms with van der Waals surface area (Å²) in [5, 5.41) is 3.10. The minimum atomic E-state index is 0.0889. The second kappa shape index (κ2) is 7.22. The van der Waals surface area contributed by atoms with Crippen LogP contribution in [0.4, 0.5) is 0 Å². The minimum Gasteiger partial charge on any atom is -0.326 e. The number of hydrogen-bond acceptors (Lipinski definition) is 5. The van der Waals surface area contributed by atoms with Gasteiger partial charge in [0.05, 0.1) is 5.25 Å². The molecule has 0 aliphatic carbocycles. The number of aromatic nitrogens is 2. The molecule has 2 aromatic rings. The first-order valence-electron chi connectivity index (χ1n) is 6.90. The van der Waals surface area contributed by atoms with Gasteiger partial charge in [0.2, 0.25) is 0 Å². The minimum absolute atomic E-state index is 0.0889. The highest BCUT2D eigenvalue weighted by atomic mass is 79.9. The SMILES string of the molecule is CCC(N)C(Sc1nc(C)c(C)c(C)n1)c1cc(Br)cs1. The number of halogens is 1. The van der Waals surface area contributed by atoms with Crippen LogP contribution in [0.2, 0.25) is 0 Å². The van der Waals surface area contributed by atoms with Crippen LogP contribution in [0.3, 0.4) is 0 Å². The Morgan fingerprint density at radius 3 is 2.38 bits per heavy atom. The number of hydrogen-bond donors (Lipinski definition) is 1. The molecular weight excluding hydrogens is 366 g/mol. The van der Waals surface area contributed by atoms with Gasteiger partial charge in [-0.25, -0.2) is 9.97 Å². The van der Waals surface area contributed by atoms with Gasteiger partial charge in [-0.1, -0.05) is 18.7 Å². The van der Waals surface area contributed by atoms with Gasteiger partial charge in [0.1, 0.15) is 0 Å². The van der Waals surface area contributed by atoms with E-state index in [4.69, 9.17) is 5.73 Å². The summed E-state index contributed by atoms with van der Waals surface area (Å²) < 4.78 is 1.11. The summed E-state index contributed by atoms with van der Waals surface area (Å²) in [6, 6.07) is 2.23. The van der Waals surface area contributed by atoms with Gasteiger partial charge in [0, 0.05) is 32.2 Å². The lowest BCUT2D eigenvalue weighted by atomic mass is 10.1. The molecule has 0 saturated carbocycles. The average Bonchev–Trinajstić information content (AvgIpc) is 2.87. The zero-order valence-corrected chi connectivity index (χ0v) is 15.9. The summed E-state index contributed by atoms with van der Waals surface area (Å²) in [4.78, 5) is 10.5. The van der Waals surface area contributed by atoms with Crippen molar-refractivity contribution in [3.63, 3.8) is 0 Å². The molecule has 21 heavy (non-hydrogen) atoms. The van der Waals surface area contributed by atoms with Crippen molar-refractivity contribution in [1.29, 1.82) is 0 Å². The number of thiophene rings is 1. The Balaban J connectivity index is 2.31. The van der Waals surface area contributed by atoms with Gasteiger partial charge >= 0.3 is 0 Å². The van der Waals surface area contributed by atoms with E-state index in [-0.39, 0.29) is 11.3 Å². The molecule has 0 aromatic carbocycles. The van der Waals surface area contributed by atoms with Crippen molar-refractivity contribution < 1.29 is 0 Å². The van der Waals surface area contributed by atoms with E-state index in [0.29, 0.717) is 0 Å². The fourth-order valence-electron chi connectivity index (χ4n) is 1.96. The Kier molecular flexibility index (Phi) is 5.82. The molecule has 0 aliphatic rings. The maximum Gasteiger partial charge on any atom is 0.188 e. The van der Waals surface area contributed by atoms with Crippen molar-refractivity contribution in [2.45, 2.75) is 50.6 Å². The number of thioether (sulfide) groups is 1. The highest BCUT2D eigenvalue weighted by Gasteiger charge is 2.23. The van der Waals surface area contributed by atoms with Crippen LogP contribution >= 0.6 is 39.0 Å². The maximum absolute atomic E-state index is 6.33. The third-order valence-corrected chi connectivity index (χ3v) is 6.75. The first kappa shape index (κ1) is 16.9. The molecule has 0 amide bonds. The van der Waals surface area contributed by atoms with Gasteiger partial charge < -0.3 is 5.73 Å². The summed E-state index contributed by atoms with van der Waals surface area (Å²) in [6.45, 7) is 8.24. The topological polar surface area (TPSA) is 51.8 Å². The Morgan fingerprint density at radius 2 is 1.90 bits per heavy atom. The van der Waals surface area contributed by atoms with Gasteiger partial charge in [-0.15, -0.1) is 11.3 Å². The van der Waals surface area contributed by atoms with Crippen LogP contribution in [0.25, 0.3) is 0 Å². The summed E-state index contributed by atoms with van der Waals surface area (Å²) in [7, 11) is 0. The van der Waals surface area contributed by atoms with Crippen LogP contribution in [0.1, 0.15) is 40.4 Å². The molecule has 2 unspecified atom stereocenters. The normalized spacial score (nSPS) is 14.2. The molecule has 0 spiro atoms. The van der Waals surface area contributed by atoms with E-state index in [1.165, 1.54) is 4.88 Å². The quantitative estimate of drug-likeness (QED) is 0.593. The lowest BCUT2D eigenvalue weighted by molar-refractivity contribution is 0.637. The molecule has 3 nitrogen and oxygen atoms in total. The van der Waals surface area contributed by atoms with Crippen LogP contribution in [-0.4, -0.2) is 16.0 Å². The molecule has 2 rings (SSSR count). The van der Waals surface area contributed by atoms with Gasteiger partial charge in [-0.2, -0.15) is 0 Å². The van der Waals surface area contributed by atoms with Gasteiger partial charge in [0.25, 0.3) is 0 Å². The summed E-state index contributed by atoms with van der Waals surface area (Å²) >= 11 is 6.91. The zero-order valence-electron chi connectivity index (χ0n) is 12.7. The molecule has 6 heteroatoms. The Morgan fingerprint density at radius 1 is 1.29 bits per heavy atom. The molecule has 2 atom stereocenters. The van der Waals surface area contributed by atoms with Crippen LogP contribution < -0.4 is 5.73 Å². The molecular formula is C15H20BrN3S2. The van der Waals surface area contributed by atoms with Crippen molar-refractivity contribution >= 4 is 39.0 Å². The molecule has 0 bridgehead atoms. The maximum atomic E-state index is 6.33. The molecule has 0 radical (unpaired) electrons. The predicted octanol–water partition coefficient (Wildman–Crippen LogP) is 4.80. The van der Waals surface area contributed by atoms with Crippen molar-refractivity contribution in [2.75, 3.05) is 0 Å².